The van der Waals surface area contributed by atoms with E-state index >= 15 is 0 Å². The van der Waals surface area contributed by atoms with Gasteiger partial charge in [0.1, 0.15) is 16.8 Å². The fourth-order valence-corrected chi connectivity index (χ4v) is 4.55. The smallest absolute Gasteiger partial charge is 0.186 e. The largest absolute Gasteiger partial charge is 0.361 e. The van der Waals surface area contributed by atoms with Crippen molar-refractivity contribution < 1.29 is 4.39 Å². The maximum absolute atomic E-state index is 13.5. The number of aromatic nitrogens is 2. The number of aromatic amines is 1. The first kappa shape index (κ1) is 18.0. The van der Waals surface area contributed by atoms with Gasteiger partial charge < -0.3 is 9.88 Å². The highest BCUT2D eigenvalue weighted by molar-refractivity contribution is 7.16. The second-order valence-electron chi connectivity index (χ2n) is 6.96. The van der Waals surface area contributed by atoms with Crippen molar-refractivity contribution in [2.24, 2.45) is 0 Å². The molecule has 1 aromatic carbocycles. The number of thiazole rings is 1. The fourth-order valence-electron chi connectivity index (χ4n) is 3.63. The lowest BCUT2D eigenvalue weighted by molar-refractivity contribution is 0.255. The van der Waals surface area contributed by atoms with E-state index in [9.17, 15) is 4.39 Å². The summed E-state index contributed by atoms with van der Waals surface area (Å²) in [5, 5.41) is 11.1. The van der Waals surface area contributed by atoms with Gasteiger partial charge in [-0.3, -0.25) is 4.90 Å². The van der Waals surface area contributed by atoms with Crippen LogP contribution in [0.2, 0.25) is 0 Å². The molecule has 0 atom stereocenters. The number of anilines is 1. The van der Waals surface area contributed by atoms with Crippen molar-refractivity contribution in [3.05, 3.63) is 46.3 Å². The highest BCUT2D eigenvalue weighted by Gasteiger charge is 2.20. The van der Waals surface area contributed by atoms with Gasteiger partial charge in [-0.25, -0.2) is 9.37 Å². The first-order chi connectivity index (χ1) is 13.1. The van der Waals surface area contributed by atoms with Gasteiger partial charge in [0.2, 0.25) is 0 Å². The number of hydrogen-bond acceptors (Lipinski definition) is 5. The molecule has 5 nitrogen and oxygen atoms in total. The molecule has 140 valence electrons. The molecule has 0 amide bonds. The zero-order valence-corrected chi connectivity index (χ0v) is 16.2. The number of hydrogen-bond donors (Lipinski definition) is 1. The van der Waals surface area contributed by atoms with E-state index in [0.717, 1.165) is 67.3 Å². The summed E-state index contributed by atoms with van der Waals surface area (Å²) in [6.45, 7) is 6.82. The van der Waals surface area contributed by atoms with Gasteiger partial charge in [-0.05, 0) is 50.1 Å². The minimum Gasteiger partial charge on any atom is -0.361 e. The summed E-state index contributed by atoms with van der Waals surface area (Å²) in [6, 6.07) is 7.12. The number of fused-ring (bicyclic) bond motifs is 1. The summed E-state index contributed by atoms with van der Waals surface area (Å²) in [6.07, 6.45) is 4.00. The summed E-state index contributed by atoms with van der Waals surface area (Å²) in [7, 11) is 0. The van der Waals surface area contributed by atoms with Crippen molar-refractivity contribution in [2.45, 2.75) is 19.8 Å². The van der Waals surface area contributed by atoms with Crippen LogP contribution in [0.3, 0.4) is 0 Å². The molecule has 7 heteroatoms. The molecule has 1 N–H and O–H groups in total. The molecular formula is C20H22FN5S. The number of H-pyrrole nitrogens is 1. The third kappa shape index (κ3) is 3.82. The molecule has 1 fully saturated rings. The first-order valence-electron chi connectivity index (χ1n) is 9.24. The van der Waals surface area contributed by atoms with E-state index < -0.39 is 0 Å². The van der Waals surface area contributed by atoms with Crippen molar-refractivity contribution >= 4 is 27.4 Å². The number of rotatable bonds is 5. The minimum absolute atomic E-state index is 0.184. The average molecular weight is 383 g/mol. The molecule has 0 radical (unpaired) electrons. The normalized spacial score (nSPS) is 15.4. The number of benzene rings is 1. The summed E-state index contributed by atoms with van der Waals surface area (Å²) in [5.74, 6) is -0.184. The maximum atomic E-state index is 13.5. The molecule has 0 unspecified atom stereocenters. The number of nitriles is 1. The van der Waals surface area contributed by atoms with E-state index in [4.69, 9.17) is 5.26 Å². The SMILES string of the molecule is Cc1nc(N2CCN(CCCc3c[nH]c4ccc(F)cc34)CC2)sc1C#N. The molecule has 3 aromatic rings. The Morgan fingerprint density at radius 3 is 2.85 bits per heavy atom. The first-order valence-corrected chi connectivity index (χ1v) is 10.1. The third-order valence-electron chi connectivity index (χ3n) is 5.18. The molecule has 1 aliphatic rings. The highest BCUT2D eigenvalue weighted by Crippen LogP contribution is 2.26. The second-order valence-corrected chi connectivity index (χ2v) is 7.94. The predicted octanol–water partition coefficient (Wildman–Crippen LogP) is 3.70. The Bertz CT molecular complexity index is 978. The van der Waals surface area contributed by atoms with E-state index in [1.165, 1.54) is 23.0 Å². The quantitative estimate of drug-likeness (QED) is 0.730. The molecule has 2 aromatic heterocycles. The Morgan fingerprint density at radius 2 is 2.11 bits per heavy atom. The Kier molecular flexibility index (Phi) is 5.10. The van der Waals surface area contributed by atoms with Crippen molar-refractivity contribution in [1.29, 1.82) is 5.26 Å². The van der Waals surface area contributed by atoms with Gasteiger partial charge in [-0.2, -0.15) is 5.26 Å². The lowest BCUT2D eigenvalue weighted by Gasteiger charge is -2.34. The Labute approximate surface area is 162 Å². The van der Waals surface area contributed by atoms with Crippen LogP contribution >= 0.6 is 11.3 Å². The van der Waals surface area contributed by atoms with Gasteiger partial charge in [0.05, 0.1) is 5.69 Å². The Balaban J connectivity index is 1.28. The lowest BCUT2D eigenvalue weighted by Crippen LogP contribution is -2.46. The molecule has 4 rings (SSSR count). The highest BCUT2D eigenvalue weighted by atomic mass is 32.1. The molecule has 0 spiro atoms. The lowest BCUT2D eigenvalue weighted by atomic mass is 10.1. The number of piperazine rings is 1. The number of aryl methyl sites for hydroxylation is 2. The monoisotopic (exact) mass is 383 g/mol. The van der Waals surface area contributed by atoms with Gasteiger partial charge in [-0.1, -0.05) is 11.3 Å². The van der Waals surface area contributed by atoms with Gasteiger partial charge in [0.15, 0.2) is 5.13 Å². The molecule has 0 aliphatic carbocycles. The fraction of sp³-hybridized carbons (Fsp3) is 0.400. The number of halogens is 1. The van der Waals surface area contributed by atoms with Gasteiger partial charge >= 0.3 is 0 Å². The van der Waals surface area contributed by atoms with Gasteiger partial charge in [0, 0.05) is 43.3 Å². The zero-order chi connectivity index (χ0) is 18.8. The van der Waals surface area contributed by atoms with Crippen LogP contribution in [0.4, 0.5) is 9.52 Å². The Morgan fingerprint density at radius 1 is 1.30 bits per heavy atom. The standard InChI is InChI=1S/C20H22FN5S/c1-14-19(12-22)27-20(24-14)26-9-7-25(8-10-26)6-2-3-15-13-23-18-5-4-16(21)11-17(15)18/h4-5,11,13,23H,2-3,6-10H2,1H3. The van der Waals surface area contributed by atoms with E-state index in [1.807, 2.05) is 13.1 Å². The van der Waals surface area contributed by atoms with Crippen LogP contribution in [0.5, 0.6) is 0 Å². The van der Waals surface area contributed by atoms with Crippen LogP contribution in [0, 0.1) is 24.1 Å². The molecular weight excluding hydrogens is 361 g/mol. The maximum Gasteiger partial charge on any atom is 0.186 e. The van der Waals surface area contributed by atoms with Crippen molar-refractivity contribution in [1.82, 2.24) is 14.9 Å². The molecule has 1 saturated heterocycles. The van der Waals surface area contributed by atoms with Crippen LogP contribution in [-0.2, 0) is 6.42 Å². The topological polar surface area (TPSA) is 59.0 Å². The van der Waals surface area contributed by atoms with Crippen LogP contribution in [0.15, 0.2) is 24.4 Å². The summed E-state index contributed by atoms with van der Waals surface area (Å²) >= 11 is 1.49. The van der Waals surface area contributed by atoms with Crippen molar-refractivity contribution in [3.8, 4) is 6.07 Å². The number of nitrogens with zero attached hydrogens (tertiary/aromatic N) is 4. The number of nitrogens with one attached hydrogen (secondary N) is 1. The van der Waals surface area contributed by atoms with Crippen molar-refractivity contribution in [3.63, 3.8) is 0 Å². The molecule has 0 saturated carbocycles. The summed E-state index contributed by atoms with van der Waals surface area (Å²) in [4.78, 5) is 13.2. The summed E-state index contributed by atoms with van der Waals surface area (Å²) in [5.41, 5.74) is 3.01. The van der Waals surface area contributed by atoms with Crippen molar-refractivity contribution in [2.75, 3.05) is 37.6 Å². The predicted molar refractivity (Wildman–Crippen MR) is 107 cm³/mol. The zero-order valence-electron chi connectivity index (χ0n) is 15.3. The van der Waals surface area contributed by atoms with Crippen LogP contribution < -0.4 is 4.90 Å². The van der Waals surface area contributed by atoms with Crippen LogP contribution in [0.25, 0.3) is 10.9 Å². The van der Waals surface area contributed by atoms with Gasteiger partial charge in [-0.15, -0.1) is 0 Å². The molecule has 3 heterocycles. The van der Waals surface area contributed by atoms with Gasteiger partial charge in [0.25, 0.3) is 0 Å². The third-order valence-corrected chi connectivity index (χ3v) is 6.30. The molecule has 27 heavy (non-hydrogen) atoms. The molecule has 1 aliphatic heterocycles. The molecule has 0 bridgehead atoms. The van der Waals surface area contributed by atoms with E-state index in [2.05, 4.69) is 25.8 Å². The Hall–Kier alpha value is -2.43. The van der Waals surface area contributed by atoms with E-state index in [0.29, 0.717) is 4.88 Å². The van der Waals surface area contributed by atoms with Crippen LogP contribution in [-0.4, -0.2) is 47.6 Å². The minimum atomic E-state index is -0.184. The van der Waals surface area contributed by atoms with Crippen LogP contribution in [0.1, 0.15) is 22.6 Å². The average Bonchev–Trinajstić information content (AvgIpc) is 3.25. The summed E-state index contributed by atoms with van der Waals surface area (Å²) < 4.78 is 13.5. The van der Waals surface area contributed by atoms with E-state index in [1.54, 1.807) is 12.1 Å². The van der Waals surface area contributed by atoms with E-state index in [-0.39, 0.29) is 5.82 Å². The second kappa shape index (κ2) is 7.67.